The molecule has 88 valence electrons. The van der Waals surface area contributed by atoms with E-state index >= 15 is 0 Å². The quantitative estimate of drug-likeness (QED) is 0.565. The Morgan fingerprint density at radius 2 is 2.06 bits per heavy atom. The minimum Gasteiger partial charge on any atom is -0.466 e. The summed E-state index contributed by atoms with van der Waals surface area (Å²) < 4.78 is 17.5. The lowest BCUT2D eigenvalue weighted by Gasteiger charge is -2.03. The van der Waals surface area contributed by atoms with Gasteiger partial charge in [0.1, 0.15) is 5.82 Å². The Kier molecular flexibility index (Phi) is 5.93. The molecular formula is C12H15FO2S. The van der Waals surface area contributed by atoms with Crippen molar-refractivity contribution in [3.8, 4) is 0 Å². The van der Waals surface area contributed by atoms with Crippen LogP contribution >= 0.6 is 11.8 Å². The van der Waals surface area contributed by atoms with Crippen molar-refractivity contribution < 1.29 is 13.9 Å². The van der Waals surface area contributed by atoms with Gasteiger partial charge in [0.15, 0.2) is 0 Å². The SMILES string of the molecule is CCCOC(=O)CCSc1ccc(F)cc1. The van der Waals surface area contributed by atoms with E-state index in [4.69, 9.17) is 4.74 Å². The summed E-state index contributed by atoms with van der Waals surface area (Å²) in [7, 11) is 0. The second kappa shape index (κ2) is 7.28. The molecular weight excluding hydrogens is 227 g/mol. The predicted octanol–water partition coefficient (Wildman–Crippen LogP) is 3.26. The molecule has 1 aromatic carbocycles. The molecule has 16 heavy (non-hydrogen) atoms. The maximum Gasteiger partial charge on any atom is 0.306 e. The Labute approximate surface area is 99.2 Å². The van der Waals surface area contributed by atoms with Gasteiger partial charge in [-0.2, -0.15) is 0 Å². The zero-order valence-corrected chi connectivity index (χ0v) is 10.1. The number of ether oxygens (including phenoxy) is 1. The van der Waals surface area contributed by atoms with E-state index < -0.39 is 0 Å². The highest BCUT2D eigenvalue weighted by atomic mass is 32.2. The number of benzene rings is 1. The number of carbonyl (C=O) groups is 1. The molecule has 2 nitrogen and oxygen atoms in total. The summed E-state index contributed by atoms with van der Waals surface area (Å²) >= 11 is 1.52. The summed E-state index contributed by atoms with van der Waals surface area (Å²) in [6.07, 6.45) is 1.24. The van der Waals surface area contributed by atoms with Crippen LogP contribution in [-0.2, 0) is 9.53 Å². The Morgan fingerprint density at radius 3 is 2.69 bits per heavy atom. The highest BCUT2D eigenvalue weighted by Gasteiger charge is 2.02. The number of esters is 1. The second-order valence-corrected chi connectivity index (χ2v) is 4.44. The molecule has 0 saturated heterocycles. The minimum absolute atomic E-state index is 0.170. The average Bonchev–Trinajstić information content (AvgIpc) is 2.29. The molecule has 0 aromatic heterocycles. The van der Waals surface area contributed by atoms with Crippen molar-refractivity contribution in [2.45, 2.75) is 24.7 Å². The Morgan fingerprint density at radius 1 is 1.38 bits per heavy atom. The van der Waals surface area contributed by atoms with Gasteiger partial charge in [0.2, 0.25) is 0 Å². The monoisotopic (exact) mass is 242 g/mol. The summed E-state index contributed by atoms with van der Waals surface area (Å²) in [6.45, 7) is 2.45. The highest BCUT2D eigenvalue weighted by molar-refractivity contribution is 7.99. The third-order valence-corrected chi connectivity index (χ3v) is 2.87. The molecule has 0 unspecified atom stereocenters. The number of thioether (sulfide) groups is 1. The van der Waals surface area contributed by atoms with Gasteiger partial charge in [-0.25, -0.2) is 4.39 Å². The summed E-state index contributed by atoms with van der Waals surface area (Å²) in [5.74, 6) is 0.247. The molecule has 0 bridgehead atoms. The van der Waals surface area contributed by atoms with Crippen molar-refractivity contribution in [1.82, 2.24) is 0 Å². The molecule has 0 aliphatic rings. The van der Waals surface area contributed by atoms with Crippen LogP contribution in [0.15, 0.2) is 29.2 Å². The molecule has 0 spiro atoms. The molecule has 0 radical (unpaired) electrons. The molecule has 0 saturated carbocycles. The minimum atomic E-state index is -0.244. The molecule has 0 heterocycles. The molecule has 0 aliphatic carbocycles. The lowest BCUT2D eigenvalue weighted by atomic mass is 10.4. The topological polar surface area (TPSA) is 26.3 Å². The van der Waals surface area contributed by atoms with Crippen LogP contribution in [-0.4, -0.2) is 18.3 Å². The van der Waals surface area contributed by atoms with Gasteiger partial charge in [0, 0.05) is 10.6 Å². The number of rotatable bonds is 6. The molecule has 4 heteroatoms. The van der Waals surface area contributed by atoms with Crippen molar-refractivity contribution in [3.05, 3.63) is 30.1 Å². The molecule has 0 aliphatic heterocycles. The van der Waals surface area contributed by atoms with E-state index in [1.165, 1.54) is 23.9 Å². The number of hydrogen-bond acceptors (Lipinski definition) is 3. The third-order valence-electron chi connectivity index (χ3n) is 1.86. The first-order chi connectivity index (χ1) is 7.72. The van der Waals surface area contributed by atoms with Gasteiger partial charge < -0.3 is 4.74 Å². The van der Waals surface area contributed by atoms with Gasteiger partial charge in [-0.3, -0.25) is 4.79 Å². The molecule has 0 N–H and O–H groups in total. The summed E-state index contributed by atoms with van der Waals surface area (Å²) in [6, 6.07) is 6.24. The van der Waals surface area contributed by atoms with Crippen LogP contribution in [0.25, 0.3) is 0 Å². The zero-order valence-electron chi connectivity index (χ0n) is 9.24. The van der Waals surface area contributed by atoms with Crippen LogP contribution in [0.1, 0.15) is 19.8 Å². The lowest BCUT2D eigenvalue weighted by Crippen LogP contribution is -2.05. The second-order valence-electron chi connectivity index (χ2n) is 3.27. The van der Waals surface area contributed by atoms with Crippen LogP contribution in [0.2, 0.25) is 0 Å². The van der Waals surface area contributed by atoms with Crippen molar-refractivity contribution in [2.24, 2.45) is 0 Å². The van der Waals surface area contributed by atoms with Crippen molar-refractivity contribution >= 4 is 17.7 Å². The third kappa shape index (κ3) is 5.16. The van der Waals surface area contributed by atoms with Crippen LogP contribution in [0, 0.1) is 5.82 Å². The number of carbonyl (C=O) groups excluding carboxylic acids is 1. The summed E-state index contributed by atoms with van der Waals surface area (Å²) in [5.41, 5.74) is 0. The number of hydrogen-bond donors (Lipinski definition) is 0. The van der Waals surface area contributed by atoms with Gasteiger partial charge in [0.05, 0.1) is 13.0 Å². The van der Waals surface area contributed by atoms with E-state index in [1.807, 2.05) is 6.92 Å². The molecule has 0 amide bonds. The van der Waals surface area contributed by atoms with Crippen LogP contribution < -0.4 is 0 Å². The average molecular weight is 242 g/mol. The standard InChI is InChI=1S/C12H15FO2S/c1-2-8-15-12(14)7-9-16-11-5-3-10(13)4-6-11/h3-6H,2,7-9H2,1H3. The highest BCUT2D eigenvalue weighted by Crippen LogP contribution is 2.18. The van der Waals surface area contributed by atoms with E-state index in [-0.39, 0.29) is 11.8 Å². The lowest BCUT2D eigenvalue weighted by molar-refractivity contribution is -0.143. The Bertz CT molecular complexity index is 324. The van der Waals surface area contributed by atoms with Crippen LogP contribution in [0.3, 0.4) is 0 Å². The maximum atomic E-state index is 12.6. The fourth-order valence-electron chi connectivity index (χ4n) is 1.07. The molecule has 1 aromatic rings. The molecule has 1 rings (SSSR count). The Balaban J connectivity index is 2.20. The van der Waals surface area contributed by atoms with Crippen molar-refractivity contribution in [3.63, 3.8) is 0 Å². The first-order valence-electron chi connectivity index (χ1n) is 5.26. The first-order valence-corrected chi connectivity index (χ1v) is 6.25. The molecule has 0 fully saturated rings. The first kappa shape index (κ1) is 13.0. The largest absolute Gasteiger partial charge is 0.466 e. The van der Waals surface area contributed by atoms with Gasteiger partial charge in [-0.1, -0.05) is 6.92 Å². The summed E-state index contributed by atoms with van der Waals surface area (Å²) in [5, 5.41) is 0. The fourth-order valence-corrected chi connectivity index (χ4v) is 1.90. The van der Waals surface area contributed by atoms with E-state index in [0.717, 1.165) is 11.3 Å². The normalized spacial score (nSPS) is 10.1. The fraction of sp³-hybridized carbons (Fsp3) is 0.417. The van der Waals surface area contributed by atoms with Crippen LogP contribution in [0.5, 0.6) is 0 Å². The van der Waals surface area contributed by atoms with E-state index in [1.54, 1.807) is 12.1 Å². The van der Waals surface area contributed by atoms with Gasteiger partial charge in [0.25, 0.3) is 0 Å². The van der Waals surface area contributed by atoms with Gasteiger partial charge in [-0.05, 0) is 30.7 Å². The zero-order chi connectivity index (χ0) is 11.8. The van der Waals surface area contributed by atoms with E-state index in [9.17, 15) is 9.18 Å². The van der Waals surface area contributed by atoms with E-state index in [2.05, 4.69) is 0 Å². The van der Waals surface area contributed by atoms with Gasteiger partial charge >= 0.3 is 5.97 Å². The van der Waals surface area contributed by atoms with Crippen LogP contribution in [0.4, 0.5) is 4.39 Å². The van der Waals surface area contributed by atoms with Crippen molar-refractivity contribution in [1.29, 1.82) is 0 Å². The van der Waals surface area contributed by atoms with E-state index in [0.29, 0.717) is 18.8 Å². The smallest absolute Gasteiger partial charge is 0.306 e. The molecule has 0 atom stereocenters. The number of halogens is 1. The van der Waals surface area contributed by atoms with Crippen molar-refractivity contribution in [2.75, 3.05) is 12.4 Å². The maximum absolute atomic E-state index is 12.6. The van der Waals surface area contributed by atoms with Gasteiger partial charge in [-0.15, -0.1) is 11.8 Å². The Hall–Kier alpha value is -1.03. The summed E-state index contributed by atoms with van der Waals surface area (Å²) in [4.78, 5) is 12.1. The predicted molar refractivity (Wildman–Crippen MR) is 63.0 cm³/mol.